The molecular formula is C17H18FN5O. The predicted octanol–water partition coefficient (Wildman–Crippen LogP) is 4.14. The first-order chi connectivity index (χ1) is 11.5. The number of aryl methyl sites for hydroxylation is 1. The van der Waals surface area contributed by atoms with Crippen molar-refractivity contribution < 1.29 is 8.81 Å². The lowest BCUT2D eigenvalue weighted by molar-refractivity contribution is 0.532. The molecule has 3 rings (SSSR count). The quantitative estimate of drug-likeness (QED) is 0.733. The summed E-state index contributed by atoms with van der Waals surface area (Å²) in [7, 11) is 0. The molecule has 1 aromatic carbocycles. The third-order valence-electron chi connectivity index (χ3n) is 3.22. The average molecular weight is 327 g/mol. The van der Waals surface area contributed by atoms with Crippen molar-refractivity contribution >= 4 is 17.2 Å². The van der Waals surface area contributed by atoms with Gasteiger partial charge in [-0.15, -0.1) is 10.2 Å². The summed E-state index contributed by atoms with van der Waals surface area (Å²) < 4.78 is 18.5. The van der Waals surface area contributed by atoms with E-state index < -0.39 is 0 Å². The zero-order valence-corrected chi connectivity index (χ0v) is 13.7. The van der Waals surface area contributed by atoms with Gasteiger partial charge in [-0.25, -0.2) is 9.37 Å². The van der Waals surface area contributed by atoms with Crippen molar-refractivity contribution in [3.63, 3.8) is 0 Å². The maximum Gasteiger partial charge on any atom is 0.251 e. The van der Waals surface area contributed by atoms with Crippen LogP contribution in [0.2, 0.25) is 0 Å². The summed E-state index contributed by atoms with van der Waals surface area (Å²) in [5.41, 5.74) is 2.31. The molecule has 0 amide bonds. The van der Waals surface area contributed by atoms with Crippen molar-refractivity contribution in [1.82, 2.24) is 15.2 Å². The highest BCUT2D eigenvalue weighted by molar-refractivity contribution is 5.75. The van der Waals surface area contributed by atoms with E-state index in [1.165, 1.54) is 12.1 Å². The van der Waals surface area contributed by atoms with E-state index in [0.29, 0.717) is 17.6 Å². The molecule has 0 radical (unpaired) electrons. The van der Waals surface area contributed by atoms with Gasteiger partial charge in [0.05, 0.1) is 11.3 Å². The fourth-order valence-electron chi connectivity index (χ4n) is 2.21. The van der Waals surface area contributed by atoms with Gasteiger partial charge in [-0.2, -0.15) is 0 Å². The van der Waals surface area contributed by atoms with E-state index in [4.69, 9.17) is 4.42 Å². The lowest BCUT2D eigenvalue weighted by Gasteiger charge is -2.14. The van der Waals surface area contributed by atoms with Crippen LogP contribution < -0.4 is 10.6 Å². The molecule has 0 unspecified atom stereocenters. The first-order valence-corrected chi connectivity index (χ1v) is 7.61. The second-order valence-electron chi connectivity index (χ2n) is 5.67. The lowest BCUT2D eigenvalue weighted by atomic mass is 10.2. The van der Waals surface area contributed by atoms with Gasteiger partial charge in [-0.3, -0.25) is 0 Å². The Morgan fingerprint density at radius 1 is 1.12 bits per heavy atom. The topological polar surface area (TPSA) is 75.9 Å². The standard InChI is InChI=1S/C17H18FN5O/c1-10(2)20-15-8-16(21-13-6-4-12(18)5-7-13)19-9-14(15)17-23-22-11(3)24-17/h4-10H,1-3H3,(H2,19,20,21). The summed E-state index contributed by atoms with van der Waals surface area (Å²) in [6.07, 6.45) is 1.67. The minimum absolute atomic E-state index is 0.217. The fraction of sp³-hybridized carbons (Fsp3) is 0.235. The van der Waals surface area contributed by atoms with Gasteiger partial charge in [-0.1, -0.05) is 0 Å². The summed E-state index contributed by atoms with van der Waals surface area (Å²) in [6, 6.07) is 8.17. The molecule has 2 aromatic heterocycles. The highest BCUT2D eigenvalue weighted by Gasteiger charge is 2.14. The second kappa shape index (κ2) is 6.66. The predicted molar refractivity (Wildman–Crippen MR) is 90.7 cm³/mol. The van der Waals surface area contributed by atoms with Crippen LogP contribution in [0.1, 0.15) is 19.7 Å². The Bertz CT molecular complexity index is 829. The molecule has 0 aliphatic rings. The van der Waals surface area contributed by atoms with Crippen LogP contribution in [-0.2, 0) is 0 Å². The van der Waals surface area contributed by atoms with E-state index in [1.807, 2.05) is 19.9 Å². The Balaban J connectivity index is 1.93. The number of nitrogens with one attached hydrogen (secondary N) is 2. The largest absolute Gasteiger partial charge is 0.421 e. The number of nitrogens with zero attached hydrogens (tertiary/aromatic N) is 3. The number of aromatic nitrogens is 3. The monoisotopic (exact) mass is 327 g/mol. The van der Waals surface area contributed by atoms with Crippen molar-refractivity contribution in [3.05, 3.63) is 48.2 Å². The average Bonchev–Trinajstić information content (AvgIpc) is 2.96. The van der Waals surface area contributed by atoms with Crippen molar-refractivity contribution in [3.8, 4) is 11.5 Å². The molecule has 0 saturated heterocycles. The smallest absolute Gasteiger partial charge is 0.251 e. The number of hydrogen-bond acceptors (Lipinski definition) is 6. The second-order valence-corrected chi connectivity index (χ2v) is 5.67. The molecule has 124 valence electrons. The molecule has 7 heteroatoms. The van der Waals surface area contributed by atoms with Gasteiger partial charge >= 0.3 is 0 Å². The third kappa shape index (κ3) is 3.68. The van der Waals surface area contributed by atoms with E-state index in [2.05, 4.69) is 25.8 Å². The van der Waals surface area contributed by atoms with E-state index in [1.54, 1.807) is 25.3 Å². The van der Waals surface area contributed by atoms with E-state index >= 15 is 0 Å². The SMILES string of the molecule is Cc1nnc(-c2cnc(Nc3ccc(F)cc3)cc2NC(C)C)o1. The van der Waals surface area contributed by atoms with Crippen LogP contribution >= 0.6 is 0 Å². The molecule has 3 aromatic rings. The van der Waals surface area contributed by atoms with Crippen LogP contribution in [0, 0.1) is 12.7 Å². The summed E-state index contributed by atoms with van der Waals surface area (Å²) in [5.74, 6) is 1.26. The Labute approximate surface area is 139 Å². The van der Waals surface area contributed by atoms with E-state index in [0.717, 1.165) is 16.9 Å². The minimum Gasteiger partial charge on any atom is -0.421 e. The van der Waals surface area contributed by atoms with Crippen molar-refractivity contribution in [2.24, 2.45) is 0 Å². The molecule has 0 spiro atoms. The van der Waals surface area contributed by atoms with Gasteiger partial charge in [0.2, 0.25) is 5.89 Å². The van der Waals surface area contributed by atoms with Gasteiger partial charge in [-0.05, 0) is 38.1 Å². The highest BCUT2D eigenvalue weighted by Crippen LogP contribution is 2.29. The molecule has 24 heavy (non-hydrogen) atoms. The van der Waals surface area contributed by atoms with Crippen LogP contribution in [0.4, 0.5) is 21.6 Å². The van der Waals surface area contributed by atoms with Crippen molar-refractivity contribution in [2.75, 3.05) is 10.6 Å². The van der Waals surface area contributed by atoms with Crippen LogP contribution in [-0.4, -0.2) is 21.2 Å². The Morgan fingerprint density at radius 3 is 2.50 bits per heavy atom. The molecule has 0 saturated carbocycles. The summed E-state index contributed by atoms with van der Waals surface area (Å²) >= 11 is 0. The van der Waals surface area contributed by atoms with Gasteiger partial charge in [0.1, 0.15) is 11.6 Å². The minimum atomic E-state index is -0.280. The normalized spacial score (nSPS) is 10.9. The molecular weight excluding hydrogens is 309 g/mol. The maximum atomic E-state index is 13.0. The maximum absolute atomic E-state index is 13.0. The number of benzene rings is 1. The summed E-state index contributed by atoms with van der Waals surface area (Å²) in [4.78, 5) is 4.38. The number of anilines is 3. The molecule has 0 bridgehead atoms. The Morgan fingerprint density at radius 2 is 1.88 bits per heavy atom. The molecule has 2 heterocycles. The number of hydrogen-bond donors (Lipinski definition) is 2. The van der Waals surface area contributed by atoms with Gasteiger partial charge in [0.25, 0.3) is 5.89 Å². The summed E-state index contributed by atoms with van der Waals surface area (Å²) in [5, 5.41) is 14.4. The molecule has 0 aliphatic carbocycles. The zero-order chi connectivity index (χ0) is 17.1. The molecule has 0 aliphatic heterocycles. The van der Waals surface area contributed by atoms with Crippen LogP contribution in [0.15, 0.2) is 40.9 Å². The number of rotatable bonds is 5. The molecule has 2 N–H and O–H groups in total. The lowest BCUT2D eigenvalue weighted by Crippen LogP contribution is -2.11. The highest BCUT2D eigenvalue weighted by atomic mass is 19.1. The number of pyridine rings is 1. The van der Waals surface area contributed by atoms with Crippen molar-refractivity contribution in [1.29, 1.82) is 0 Å². The first-order valence-electron chi connectivity index (χ1n) is 7.61. The Hall–Kier alpha value is -2.96. The molecule has 6 nitrogen and oxygen atoms in total. The third-order valence-corrected chi connectivity index (χ3v) is 3.22. The van der Waals surface area contributed by atoms with Crippen LogP contribution in [0.25, 0.3) is 11.5 Å². The summed E-state index contributed by atoms with van der Waals surface area (Å²) in [6.45, 7) is 5.82. The number of halogens is 1. The molecule has 0 atom stereocenters. The van der Waals surface area contributed by atoms with Crippen molar-refractivity contribution in [2.45, 2.75) is 26.8 Å². The van der Waals surface area contributed by atoms with E-state index in [9.17, 15) is 4.39 Å². The Kier molecular flexibility index (Phi) is 4.41. The van der Waals surface area contributed by atoms with Gasteiger partial charge in [0, 0.05) is 30.9 Å². The van der Waals surface area contributed by atoms with Gasteiger partial charge in [0.15, 0.2) is 0 Å². The van der Waals surface area contributed by atoms with E-state index in [-0.39, 0.29) is 11.9 Å². The fourth-order valence-corrected chi connectivity index (χ4v) is 2.21. The van der Waals surface area contributed by atoms with Crippen LogP contribution in [0.5, 0.6) is 0 Å². The first kappa shape index (κ1) is 15.9. The van der Waals surface area contributed by atoms with Crippen LogP contribution in [0.3, 0.4) is 0 Å². The zero-order valence-electron chi connectivity index (χ0n) is 13.7. The molecule has 0 fully saturated rings. The van der Waals surface area contributed by atoms with Gasteiger partial charge < -0.3 is 15.1 Å².